The van der Waals surface area contributed by atoms with Crippen LogP contribution in [0.5, 0.6) is 11.5 Å². The van der Waals surface area contributed by atoms with Crippen LogP contribution in [0.15, 0.2) is 146 Å². The van der Waals surface area contributed by atoms with Crippen LogP contribution in [0.3, 0.4) is 0 Å². The molecular weight excluding hydrogens is 500 g/mol. The van der Waals surface area contributed by atoms with Crippen molar-refractivity contribution in [3.05, 3.63) is 146 Å². The topological polar surface area (TPSA) is 35.0 Å². The Balaban J connectivity index is 1.27. The van der Waals surface area contributed by atoms with Crippen LogP contribution in [-0.4, -0.2) is 9.97 Å². The minimum absolute atomic E-state index is 0.683. The number of ether oxygens (including phenoxy) is 1. The first-order valence-corrected chi connectivity index (χ1v) is 13.7. The van der Waals surface area contributed by atoms with E-state index in [2.05, 4.69) is 103 Å². The molecule has 3 heteroatoms. The van der Waals surface area contributed by atoms with Crippen molar-refractivity contribution in [2.75, 3.05) is 0 Å². The second kappa shape index (κ2) is 9.58. The number of nitrogens with zero attached hydrogens (tertiary/aromatic N) is 2. The van der Waals surface area contributed by atoms with Gasteiger partial charge in [0.05, 0.1) is 11.4 Å². The normalized spacial score (nSPS) is 11.6. The standard InChI is InChI=1S/C38H24N2O/c1-3-9-25(10-4-1)26-17-19-28(20-18-26)34-24-33(27-11-5-2-6-12-27)39-38(40-34)30-21-22-35-32(23-30)31-15-7-13-29-14-8-16-36(41-35)37(29)31/h1-24H. The van der Waals surface area contributed by atoms with E-state index in [1.807, 2.05) is 42.5 Å². The van der Waals surface area contributed by atoms with Gasteiger partial charge in [0.2, 0.25) is 0 Å². The molecule has 41 heavy (non-hydrogen) atoms. The number of hydrogen-bond acceptors (Lipinski definition) is 3. The highest BCUT2D eigenvalue weighted by Crippen LogP contribution is 2.47. The summed E-state index contributed by atoms with van der Waals surface area (Å²) >= 11 is 0. The Morgan fingerprint density at radius 1 is 0.390 bits per heavy atom. The Hall–Kier alpha value is -5.54. The zero-order valence-corrected chi connectivity index (χ0v) is 22.2. The summed E-state index contributed by atoms with van der Waals surface area (Å²) < 4.78 is 6.33. The molecule has 0 amide bonds. The summed E-state index contributed by atoms with van der Waals surface area (Å²) in [7, 11) is 0. The summed E-state index contributed by atoms with van der Waals surface area (Å²) in [6.07, 6.45) is 0. The lowest BCUT2D eigenvalue weighted by Crippen LogP contribution is -1.99. The number of aromatic nitrogens is 2. The molecule has 0 bridgehead atoms. The van der Waals surface area contributed by atoms with Crippen LogP contribution in [0.2, 0.25) is 0 Å². The summed E-state index contributed by atoms with van der Waals surface area (Å²) in [5.74, 6) is 2.42. The van der Waals surface area contributed by atoms with E-state index < -0.39 is 0 Å². The van der Waals surface area contributed by atoms with Gasteiger partial charge in [0.15, 0.2) is 5.82 Å². The van der Waals surface area contributed by atoms with Crippen molar-refractivity contribution in [2.45, 2.75) is 0 Å². The molecule has 1 aliphatic heterocycles. The highest BCUT2D eigenvalue weighted by Gasteiger charge is 2.21. The van der Waals surface area contributed by atoms with Crippen LogP contribution < -0.4 is 4.74 Å². The van der Waals surface area contributed by atoms with Crippen molar-refractivity contribution in [2.24, 2.45) is 0 Å². The average molecular weight is 525 g/mol. The Kier molecular flexibility index (Phi) is 5.46. The van der Waals surface area contributed by atoms with Crippen LogP contribution in [0, 0.1) is 0 Å². The largest absolute Gasteiger partial charge is 0.456 e. The molecule has 0 saturated carbocycles. The van der Waals surface area contributed by atoms with Gasteiger partial charge in [-0.15, -0.1) is 0 Å². The maximum Gasteiger partial charge on any atom is 0.160 e. The van der Waals surface area contributed by atoms with Crippen molar-refractivity contribution in [1.82, 2.24) is 9.97 Å². The summed E-state index contributed by atoms with van der Waals surface area (Å²) in [5, 5.41) is 2.30. The lowest BCUT2D eigenvalue weighted by atomic mass is 9.93. The molecule has 0 saturated heterocycles. The monoisotopic (exact) mass is 524 g/mol. The third-order valence-corrected chi connectivity index (χ3v) is 7.70. The number of benzene rings is 6. The predicted molar refractivity (Wildman–Crippen MR) is 167 cm³/mol. The zero-order chi connectivity index (χ0) is 27.2. The number of hydrogen-bond donors (Lipinski definition) is 0. The second-order valence-electron chi connectivity index (χ2n) is 10.2. The lowest BCUT2D eigenvalue weighted by molar-refractivity contribution is 0.487. The molecule has 3 nitrogen and oxygen atoms in total. The molecule has 7 aromatic rings. The zero-order valence-electron chi connectivity index (χ0n) is 22.2. The molecule has 2 heterocycles. The van der Waals surface area contributed by atoms with Crippen molar-refractivity contribution in [3.63, 3.8) is 0 Å². The van der Waals surface area contributed by atoms with Gasteiger partial charge >= 0.3 is 0 Å². The molecule has 1 aromatic heterocycles. The maximum atomic E-state index is 6.33. The van der Waals surface area contributed by atoms with Gasteiger partial charge in [-0.05, 0) is 52.4 Å². The van der Waals surface area contributed by atoms with E-state index >= 15 is 0 Å². The number of fused-ring (bicyclic) bond motifs is 2. The summed E-state index contributed by atoms with van der Waals surface area (Å²) in [6.45, 7) is 0. The first-order chi connectivity index (χ1) is 20.3. The van der Waals surface area contributed by atoms with E-state index in [9.17, 15) is 0 Å². The van der Waals surface area contributed by atoms with Crippen molar-refractivity contribution in [1.29, 1.82) is 0 Å². The van der Waals surface area contributed by atoms with Crippen LogP contribution in [-0.2, 0) is 0 Å². The van der Waals surface area contributed by atoms with E-state index in [1.54, 1.807) is 0 Å². The number of rotatable bonds is 4. The Morgan fingerprint density at radius 2 is 0.976 bits per heavy atom. The van der Waals surface area contributed by atoms with E-state index in [0.717, 1.165) is 56.1 Å². The van der Waals surface area contributed by atoms with Gasteiger partial charge in [-0.25, -0.2) is 9.97 Å². The fourth-order valence-corrected chi connectivity index (χ4v) is 5.65. The fourth-order valence-electron chi connectivity index (χ4n) is 5.65. The summed E-state index contributed by atoms with van der Waals surface area (Å²) in [5.41, 5.74) is 9.41. The van der Waals surface area contributed by atoms with Crippen molar-refractivity contribution < 1.29 is 4.74 Å². The molecular formula is C38H24N2O. The van der Waals surface area contributed by atoms with Gasteiger partial charge in [0, 0.05) is 27.6 Å². The molecule has 0 spiro atoms. The maximum absolute atomic E-state index is 6.33. The smallest absolute Gasteiger partial charge is 0.160 e. The first kappa shape index (κ1) is 23.4. The molecule has 8 rings (SSSR count). The predicted octanol–water partition coefficient (Wildman–Crippen LogP) is 10.1. The van der Waals surface area contributed by atoms with E-state index in [0.29, 0.717) is 5.82 Å². The minimum Gasteiger partial charge on any atom is -0.456 e. The van der Waals surface area contributed by atoms with Crippen LogP contribution >= 0.6 is 0 Å². The van der Waals surface area contributed by atoms with Gasteiger partial charge in [-0.2, -0.15) is 0 Å². The Bertz CT molecular complexity index is 2040. The summed E-state index contributed by atoms with van der Waals surface area (Å²) in [4.78, 5) is 10.1. The molecule has 192 valence electrons. The molecule has 0 radical (unpaired) electrons. The van der Waals surface area contributed by atoms with Gasteiger partial charge in [-0.3, -0.25) is 0 Å². The molecule has 1 aliphatic rings. The Labute approximate surface area is 238 Å². The first-order valence-electron chi connectivity index (χ1n) is 13.7. The third-order valence-electron chi connectivity index (χ3n) is 7.70. The van der Waals surface area contributed by atoms with Gasteiger partial charge in [-0.1, -0.05) is 115 Å². The average Bonchev–Trinajstić information content (AvgIpc) is 3.05. The molecule has 0 N–H and O–H groups in total. The van der Waals surface area contributed by atoms with Crippen molar-refractivity contribution in [3.8, 4) is 67.7 Å². The van der Waals surface area contributed by atoms with Crippen LogP contribution in [0.1, 0.15) is 0 Å². The van der Waals surface area contributed by atoms with Gasteiger partial charge < -0.3 is 4.74 Å². The van der Waals surface area contributed by atoms with E-state index in [4.69, 9.17) is 14.7 Å². The van der Waals surface area contributed by atoms with E-state index in [1.165, 1.54) is 16.5 Å². The molecule has 0 atom stereocenters. The van der Waals surface area contributed by atoms with Crippen LogP contribution in [0.25, 0.3) is 66.9 Å². The third kappa shape index (κ3) is 4.16. The van der Waals surface area contributed by atoms with Gasteiger partial charge in [0.25, 0.3) is 0 Å². The Morgan fingerprint density at radius 3 is 1.71 bits per heavy atom. The molecule has 0 aliphatic carbocycles. The van der Waals surface area contributed by atoms with E-state index in [-0.39, 0.29) is 0 Å². The lowest BCUT2D eigenvalue weighted by Gasteiger charge is -2.21. The minimum atomic E-state index is 0.683. The SMILES string of the molecule is c1ccc(-c2ccc(-c3cc(-c4ccccc4)nc(-c4ccc5c(c4)-c4cccc6cccc(c46)O5)n3)cc2)cc1. The molecule has 6 aromatic carbocycles. The van der Waals surface area contributed by atoms with Crippen LogP contribution in [0.4, 0.5) is 0 Å². The van der Waals surface area contributed by atoms with Crippen molar-refractivity contribution >= 4 is 10.8 Å². The van der Waals surface area contributed by atoms with Gasteiger partial charge in [0.1, 0.15) is 11.5 Å². The fraction of sp³-hybridized carbons (Fsp3) is 0. The highest BCUT2D eigenvalue weighted by atomic mass is 16.5. The highest BCUT2D eigenvalue weighted by molar-refractivity contribution is 6.04. The molecule has 0 unspecified atom stereocenters. The summed E-state index contributed by atoms with van der Waals surface area (Å²) in [6, 6.07) is 50.2. The quantitative estimate of drug-likeness (QED) is 0.230. The molecule has 0 fully saturated rings. The second-order valence-corrected chi connectivity index (χ2v) is 10.2.